The molecule has 0 atom stereocenters. The molecule has 5 heteroatoms. The highest BCUT2D eigenvalue weighted by Gasteiger charge is 2.19. The van der Waals surface area contributed by atoms with Crippen LogP contribution < -0.4 is 10.6 Å². The number of carbonyl (C=O) groups is 1. The molecule has 1 aromatic heterocycles. The number of rotatable bonds is 3. The lowest BCUT2D eigenvalue weighted by Gasteiger charge is -2.23. The SMILES string of the molecule is CCn1c(C)cc(C(=O)NC2CCNCC2)c1C.Cl. The number of aryl methyl sites for hydroxylation is 1. The van der Waals surface area contributed by atoms with Crippen LogP contribution in [0.3, 0.4) is 0 Å². The lowest BCUT2D eigenvalue weighted by molar-refractivity contribution is 0.0929. The summed E-state index contributed by atoms with van der Waals surface area (Å²) in [6, 6.07) is 2.32. The Morgan fingerprint density at radius 3 is 2.58 bits per heavy atom. The highest BCUT2D eigenvalue weighted by atomic mass is 35.5. The number of nitrogens with one attached hydrogen (secondary N) is 2. The van der Waals surface area contributed by atoms with Gasteiger partial charge < -0.3 is 15.2 Å². The van der Waals surface area contributed by atoms with Crippen LogP contribution in [0.5, 0.6) is 0 Å². The molecule has 2 N–H and O–H groups in total. The van der Waals surface area contributed by atoms with Gasteiger partial charge in [0.15, 0.2) is 0 Å². The van der Waals surface area contributed by atoms with Crippen molar-refractivity contribution in [2.75, 3.05) is 13.1 Å². The summed E-state index contributed by atoms with van der Waals surface area (Å²) in [5.41, 5.74) is 3.06. The standard InChI is InChI=1S/C14H23N3O.ClH/c1-4-17-10(2)9-13(11(17)3)14(18)16-12-5-7-15-8-6-12;/h9,12,15H,4-8H2,1-3H3,(H,16,18);1H. The van der Waals surface area contributed by atoms with Crippen LogP contribution in [-0.2, 0) is 6.54 Å². The summed E-state index contributed by atoms with van der Waals surface area (Å²) in [5, 5.41) is 6.45. The number of aromatic nitrogens is 1. The van der Waals surface area contributed by atoms with Gasteiger partial charge in [0.1, 0.15) is 0 Å². The van der Waals surface area contributed by atoms with E-state index in [1.807, 2.05) is 13.0 Å². The normalized spacial score (nSPS) is 15.9. The summed E-state index contributed by atoms with van der Waals surface area (Å²) in [5.74, 6) is 0.0784. The van der Waals surface area contributed by atoms with Gasteiger partial charge in [-0.25, -0.2) is 0 Å². The van der Waals surface area contributed by atoms with Gasteiger partial charge >= 0.3 is 0 Å². The molecule has 1 fully saturated rings. The highest BCUT2D eigenvalue weighted by Crippen LogP contribution is 2.15. The first-order chi connectivity index (χ1) is 8.63. The predicted molar refractivity (Wildman–Crippen MR) is 80.2 cm³/mol. The minimum absolute atomic E-state index is 0. The smallest absolute Gasteiger partial charge is 0.253 e. The van der Waals surface area contributed by atoms with Crippen molar-refractivity contribution in [1.29, 1.82) is 0 Å². The number of hydrogen-bond acceptors (Lipinski definition) is 2. The summed E-state index contributed by atoms with van der Waals surface area (Å²) in [6.45, 7) is 9.09. The molecule has 0 radical (unpaired) electrons. The first-order valence-corrected chi connectivity index (χ1v) is 6.81. The lowest BCUT2D eigenvalue weighted by atomic mass is 10.1. The summed E-state index contributed by atoms with van der Waals surface area (Å²) in [6.07, 6.45) is 2.05. The van der Waals surface area contributed by atoms with E-state index in [0.717, 1.165) is 49.4 Å². The van der Waals surface area contributed by atoms with E-state index in [9.17, 15) is 4.79 Å². The summed E-state index contributed by atoms with van der Waals surface area (Å²) in [7, 11) is 0. The van der Waals surface area contributed by atoms with Crippen LogP contribution >= 0.6 is 12.4 Å². The topological polar surface area (TPSA) is 46.1 Å². The molecular formula is C14H24ClN3O. The Labute approximate surface area is 121 Å². The Morgan fingerprint density at radius 1 is 1.42 bits per heavy atom. The van der Waals surface area contributed by atoms with Crippen molar-refractivity contribution >= 4 is 18.3 Å². The second-order valence-corrected chi connectivity index (χ2v) is 5.03. The predicted octanol–water partition coefficient (Wildman–Crippen LogP) is 2.03. The van der Waals surface area contributed by atoms with E-state index >= 15 is 0 Å². The van der Waals surface area contributed by atoms with E-state index in [2.05, 4.69) is 29.0 Å². The van der Waals surface area contributed by atoms with Crippen LogP contribution in [0.1, 0.15) is 41.5 Å². The molecule has 0 spiro atoms. The van der Waals surface area contributed by atoms with E-state index in [4.69, 9.17) is 0 Å². The third-order valence-corrected chi connectivity index (χ3v) is 3.81. The summed E-state index contributed by atoms with van der Waals surface area (Å²) in [4.78, 5) is 12.3. The maximum Gasteiger partial charge on any atom is 0.253 e. The van der Waals surface area contributed by atoms with Gasteiger partial charge in [-0.1, -0.05) is 0 Å². The Hall–Kier alpha value is -1.00. The van der Waals surface area contributed by atoms with Crippen molar-refractivity contribution < 1.29 is 4.79 Å². The Balaban J connectivity index is 0.00000180. The van der Waals surface area contributed by atoms with Gasteiger partial charge in [0.2, 0.25) is 0 Å². The highest BCUT2D eigenvalue weighted by molar-refractivity contribution is 5.95. The third-order valence-electron chi connectivity index (χ3n) is 3.81. The van der Waals surface area contributed by atoms with Crippen molar-refractivity contribution in [2.45, 2.75) is 46.2 Å². The van der Waals surface area contributed by atoms with Gasteiger partial charge in [-0.3, -0.25) is 4.79 Å². The molecule has 19 heavy (non-hydrogen) atoms. The molecule has 0 saturated carbocycles. The second-order valence-electron chi connectivity index (χ2n) is 5.03. The molecule has 0 aromatic carbocycles. The molecule has 0 unspecified atom stereocenters. The van der Waals surface area contributed by atoms with E-state index in [1.54, 1.807) is 0 Å². The molecule has 1 amide bonds. The fourth-order valence-electron chi connectivity index (χ4n) is 2.75. The number of piperidine rings is 1. The number of hydrogen-bond donors (Lipinski definition) is 2. The summed E-state index contributed by atoms with van der Waals surface area (Å²) >= 11 is 0. The van der Waals surface area contributed by atoms with E-state index < -0.39 is 0 Å². The lowest BCUT2D eigenvalue weighted by Crippen LogP contribution is -2.42. The average molecular weight is 286 g/mol. The average Bonchev–Trinajstić information content (AvgIpc) is 2.65. The van der Waals surface area contributed by atoms with E-state index in [1.165, 1.54) is 0 Å². The fraction of sp³-hybridized carbons (Fsp3) is 0.643. The molecule has 2 rings (SSSR count). The van der Waals surface area contributed by atoms with E-state index in [0.29, 0.717) is 6.04 Å². The first-order valence-electron chi connectivity index (χ1n) is 6.81. The Kier molecular flexibility index (Phi) is 5.88. The molecule has 1 aliphatic rings. The number of halogens is 1. The first kappa shape index (κ1) is 16.1. The van der Waals surface area contributed by atoms with Gasteiger partial charge in [0.25, 0.3) is 5.91 Å². The zero-order valence-electron chi connectivity index (χ0n) is 12.0. The molecule has 1 aromatic rings. The van der Waals surface area contributed by atoms with Crippen LogP contribution in [0.2, 0.25) is 0 Å². The number of carbonyl (C=O) groups excluding carboxylic acids is 1. The van der Waals surface area contributed by atoms with Crippen molar-refractivity contribution in [3.05, 3.63) is 23.0 Å². The van der Waals surface area contributed by atoms with Gasteiger partial charge in [-0.05, 0) is 52.8 Å². The minimum Gasteiger partial charge on any atom is -0.349 e. The molecule has 0 aliphatic carbocycles. The van der Waals surface area contributed by atoms with Crippen molar-refractivity contribution in [1.82, 2.24) is 15.2 Å². The number of amides is 1. The van der Waals surface area contributed by atoms with Crippen LogP contribution in [0, 0.1) is 13.8 Å². The van der Waals surface area contributed by atoms with Gasteiger partial charge in [0, 0.05) is 24.0 Å². The van der Waals surface area contributed by atoms with Gasteiger partial charge in [-0.15, -0.1) is 12.4 Å². The fourth-order valence-corrected chi connectivity index (χ4v) is 2.75. The molecule has 1 aliphatic heterocycles. The molecule has 1 saturated heterocycles. The maximum absolute atomic E-state index is 12.3. The van der Waals surface area contributed by atoms with Crippen LogP contribution in [0.4, 0.5) is 0 Å². The largest absolute Gasteiger partial charge is 0.349 e. The van der Waals surface area contributed by atoms with Gasteiger partial charge in [-0.2, -0.15) is 0 Å². The Morgan fingerprint density at radius 2 is 2.05 bits per heavy atom. The summed E-state index contributed by atoms with van der Waals surface area (Å²) < 4.78 is 2.18. The van der Waals surface area contributed by atoms with Crippen molar-refractivity contribution in [3.63, 3.8) is 0 Å². The van der Waals surface area contributed by atoms with Crippen LogP contribution in [0.15, 0.2) is 6.07 Å². The van der Waals surface area contributed by atoms with Crippen LogP contribution in [-0.4, -0.2) is 29.6 Å². The minimum atomic E-state index is 0. The van der Waals surface area contributed by atoms with Crippen molar-refractivity contribution in [2.24, 2.45) is 0 Å². The number of nitrogens with zero attached hydrogens (tertiary/aromatic N) is 1. The zero-order chi connectivity index (χ0) is 13.1. The monoisotopic (exact) mass is 285 g/mol. The molecule has 2 heterocycles. The third kappa shape index (κ3) is 3.51. The molecule has 108 valence electrons. The Bertz CT molecular complexity index is 436. The maximum atomic E-state index is 12.3. The van der Waals surface area contributed by atoms with Gasteiger partial charge in [0.05, 0.1) is 5.56 Å². The zero-order valence-corrected chi connectivity index (χ0v) is 12.8. The second kappa shape index (κ2) is 6.96. The van der Waals surface area contributed by atoms with E-state index in [-0.39, 0.29) is 18.3 Å². The molecular weight excluding hydrogens is 262 g/mol. The molecule has 4 nitrogen and oxygen atoms in total. The molecule has 0 bridgehead atoms. The van der Waals surface area contributed by atoms with Crippen LogP contribution in [0.25, 0.3) is 0 Å². The van der Waals surface area contributed by atoms with Crippen molar-refractivity contribution in [3.8, 4) is 0 Å². The quantitative estimate of drug-likeness (QED) is 0.893.